The van der Waals surface area contributed by atoms with Crippen molar-refractivity contribution in [1.82, 2.24) is 10.3 Å². The number of hydrogen-bond acceptors (Lipinski definition) is 5. The van der Waals surface area contributed by atoms with Gasteiger partial charge in [0, 0.05) is 38.0 Å². The maximum Gasteiger partial charge on any atom is 0.251 e. The molecule has 132 valence electrons. The lowest BCUT2D eigenvalue weighted by Crippen LogP contribution is -2.37. The maximum absolute atomic E-state index is 12.4. The van der Waals surface area contributed by atoms with E-state index in [-0.39, 0.29) is 11.9 Å². The smallest absolute Gasteiger partial charge is 0.251 e. The fourth-order valence-electron chi connectivity index (χ4n) is 2.84. The van der Waals surface area contributed by atoms with Gasteiger partial charge in [-0.15, -0.1) is 0 Å². The van der Waals surface area contributed by atoms with Crippen LogP contribution in [0.2, 0.25) is 0 Å². The van der Waals surface area contributed by atoms with Gasteiger partial charge >= 0.3 is 0 Å². The van der Waals surface area contributed by atoms with Gasteiger partial charge in [-0.1, -0.05) is 6.07 Å². The molecule has 2 aromatic rings. The van der Waals surface area contributed by atoms with Crippen molar-refractivity contribution < 1.29 is 14.3 Å². The van der Waals surface area contributed by atoms with Crippen LogP contribution in [-0.2, 0) is 4.74 Å². The third-order valence-electron chi connectivity index (χ3n) is 4.17. The van der Waals surface area contributed by atoms with Gasteiger partial charge in [-0.25, -0.2) is 4.98 Å². The molecule has 2 heterocycles. The van der Waals surface area contributed by atoms with E-state index in [1.807, 2.05) is 18.2 Å². The fraction of sp³-hybridized carbons (Fsp3) is 0.368. The number of rotatable bonds is 7. The van der Waals surface area contributed by atoms with E-state index >= 15 is 0 Å². The molecule has 1 atom stereocenters. The van der Waals surface area contributed by atoms with E-state index in [0.717, 1.165) is 31.1 Å². The Kier molecular flexibility index (Phi) is 5.85. The van der Waals surface area contributed by atoms with Crippen molar-refractivity contribution in [2.75, 3.05) is 38.3 Å². The summed E-state index contributed by atoms with van der Waals surface area (Å²) in [5.41, 5.74) is 0.635. The fourth-order valence-corrected chi connectivity index (χ4v) is 2.84. The topological polar surface area (TPSA) is 63.7 Å². The Morgan fingerprint density at radius 3 is 2.80 bits per heavy atom. The monoisotopic (exact) mass is 341 g/mol. The largest absolute Gasteiger partial charge is 0.491 e. The van der Waals surface area contributed by atoms with Crippen LogP contribution >= 0.6 is 0 Å². The number of ether oxygens (including phenoxy) is 2. The zero-order valence-corrected chi connectivity index (χ0v) is 14.4. The zero-order valence-electron chi connectivity index (χ0n) is 14.4. The minimum absolute atomic E-state index is 0.0590. The molecule has 1 fully saturated rings. The molecule has 6 heteroatoms. The normalized spacial score (nSPS) is 16.7. The second kappa shape index (κ2) is 8.48. The number of carbonyl (C=O) groups excluding carboxylic acids is 1. The Hall–Kier alpha value is -2.60. The van der Waals surface area contributed by atoms with Crippen molar-refractivity contribution >= 4 is 11.7 Å². The molecule has 1 aliphatic heterocycles. The third kappa shape index (κ3) is 4.70. The Balaban J connectivity index is 1.51. The maximum atomic E-state index is 12.4. The number of anilines is 1. The van der Waals surface area contributed by atoms with Crippen LogP contribution in [0.1, 0.15) is 16.8 Å². The Morgan fingerprint density at radius 2 is 2.08 bits per heavy atom. The lowest BCUT2D eigenvalue weighted by molar-refractivity contribution is 0.0940. The van der Waals surface area contributed by atoms with E-state index in [0.29, 0.717) is 18.8 Å². The van der Waals surface area contributed by atoms with Crippen LogP contribution in [0.25, 0.3) is 0 Å². The minimum atomic E-state index is -0.0590. The van der Waals surface area contributed by atoms with Crippen molar-refractivity contribution in [1.29, 1.82) is 0 Å². The molecule has 0 unspecified atom stereocenters. The van der Waals surface area contributed by atoms with Gasteiger partial charge in [-0.3, -0.25) is 4.79 Å². The highest BCUT2D eigenvalue weighted by Gasteiger charge is 2.24. The Morgan fingerprint density at radius 1 is 1.24 bits per heavy atom. The number of methoxy groups -OCH3 is 1. The molecule has 3 rings (SSSR count). The molecular weight excluding hydrogens is 318 g/mol. The quantitative estimate of drug-likeness (QED) is 0.782. The molecule has 1 amide bonds. The summed E-state index contributed by atoms with van der Waals surface area (Å²) in [5, 5.41) is 3.10. The summed E-state index contributed by atoms with van der Waals surface area (Å²) < 4.78 is 10.5. The zero-order chi connectivity index (χ0) is 17.5. The van der Waals surface area contributed by atoms with E-state index in [1.165, 1.54) is 0 Å². The standard InChI is InChI=1S/C19H23N3O3/c1-24-12-13-25-17-7-5-15(6-8-17)19(23)21-16-9-11-22(14-16)18-4-2-3-10-20-18/h2-8,10,16H,9,11-14H2,1H3,(H,21,23)/t16-/m1/s1. The van der Waals surface area contributed by atoms with Crippen molar-refractivity contribution in [3.8, 4) is 5.75 Å². The highest BCUT2D eigenvalue weighted by atomic mass is 16.5. The lowest BCUT2D eigenvalue weighted by atomic mass is 10.2. The van der Waals surface area contributed by atoms with Gasteiger partial charge in [0.05, 0.1) is 6.61 Å². The van der Waals surface area contributed by atoms with Crippen LogP contribution in [0.5, 0.6) is 5.75 Å². The number of pyridine rings is 1. The summed E-state index contributed by atoms with van der Waals surface area (Å²) >= 11 is 0. The molecule has 1 aromatic carbocycles. The number of nitrogens with zero attached hydrogens (tertiary/aromatic N) is 2. The summed E-state index contributed by atoms with van der Waals surface area (Å²) in [6.45, 7) is 2.71. The van der Waals surface area contributed by atoms with Crippen LogP contribution < -0.4 is 15.0 Å². The highest BCUT2D eigenvalue weighted by Crippen LogP contribution is 2.18. The molecule has 1 N–H and O–H groups in total. The molecule has 0 radical (unpaired) electrons. The molecule has 1 aliphatic rings. The van der Waals surface area contributed by atoms with Crippen molar-refractivity contribution in [3.63, 3.8) is 0 Å². The van der Waals surface area contributed by atoms with Crippen molar-refractivity contribution in [3.05, 3.63) is 54.2 Å². The number of aromatic nitrogens is 1. The van der Waals surface area contributed by atoms with Crippen LogP contribution in [0.4, 0.5) is 5.82 Å². The second-order valence-corrected chi connectivity index (χ2v) is 5.96. The highest BCUT2D eigenvalue weighted by molar-refractivity contribution is 5.94. The van der Waals surface area contributed by atoms with Gasteiger partial charge in [0.1, 0.15) is 18.2 Å². The van der Waals surface area contributed by atoms with E-state index in [1.54, 1.807) is 37.6 Å². The van der Waals surface area contributed by atoms with Gasteiger partial charge in [0.2, 0.25) is 0 Å². The second-order valence-electron chi connectivity index (χ2n) is 5.96. The molecule has 25 heavy (non-hydrogen) atoms. The van der Waals surface area contributed by atoms with E-state index < -0.39 is 0 Å². The molecule has 1 aromatic heterocycles. The summed E-state index contributed by atoms with van der Waals surface area (Å²) in [6, 6.07) is 13.2. The first kappa shape index (κ1) is 17.2. The van der Waals surface area contributed by atoms with E-state index in [9.17, 15) is 4.79 Å². The van der Waals surface area contributed by atoms with Crippen LogP contribution in [0.3, 0.4) is 0 Å². The van der Waals surface area contributed by atoms with Crippen LogP contribution in [0.15, 0.2) is 48.7 Å². The summed E-state index contributed by atoms with van der Waals surface area (Å²) in [5.74, 6) is 1.63. The third-order valence-corrected chi connectivity index (χ3v) is 4.17. The van der Waals surface area contributed by atoms with Crippen LogP contribution in [-0.4, -0.2) is 50.3 Å². The van der Waals surface area contributed by atoms with Gasteiger partial charge in [-0.05, 0) is 42.8 Å². The molecule has 0 bridgehead atoms. The molecule has 6 nitrogen and oxygen atoms in total. The van der Waals surface area contributed by atoms with Gasteiger partial charge < -0.3 is 19.7 Å². The molecule has 0 saturated carbocycles. The average molecular weight is 341 g/mol. The first-order chi connectivity index (χ1) is 12.3. The summed E-state index contributed by atoms with van der Waals surface area (Å²) in [6.07, 6.45) is 2.71. The van der Waals surface area contributed by atoms with E-state index in [4.69, 9.17) is 9.47 Å². The summed E-state index contributed by atoms with van der Waals surface area (Å²) in [4.78, 5) is 19.0. The number of carbonyl (C=O) groups is 1. The molecular formula is C19H23N3O3. The first-order valence-corrected chi connectivity index (χ1v) is 8.45. The average Bonchev–Trinajstić information content (AvgIpc) is 3.12. The molecule has 1 saturated heterocycles. The Bertz CT molecular complexity index is 676. The SMILES string of the molecule is COCCOc1ccc(C(=O)N[C@@H]2CCN(c3ccccn3)C2)cc1. The number of hydrogen-bond donors (Lipinski definition) is 1. The lowest BCUT2D eigenvalue weighted by Gasteiger charge is -2.17. The van der Waals surface area contributed by atoms with Crippen molar-refractivity contribution in [2.45, 2.75) is 12.5 Å². The number of benzene rings is 1. The minimum Gasteiger partial charge on any atom is -0.491 e. The molecule has 0 spiro atoms. The molecule has 0 aliphatic carbocycles. The predicted octanol–water partition coefficient (Wildman–Crippen LogP) is 2.12. The number of amides is 1. The van der Waals surface area contributed by atoms with Gasteiger partial charge in [0.25, 0.3) is 5.91 Å². The first-order valence-electron chi connectivity index (χ1n) is 8.45. The predicted molar refractivity (Wildman–Crippen MR) is 96.1 cm³/mol. The van der Waals surface area contributed by atoms with Crippen molar-refractivity contribution in [2.24, 2.45) is 0 Å². The number of nitrogens with one attached hydrogen (secondary N) is 1. The van der Waals surface area contributed by atoms with E-state index in [2.05, 4.69) is 15.2 Å². The summed E-state index contributed by atoms with van der Waals surface area (Å²) in [7, 11) is 1.63. The Labute approximate surface area is 147 Å². The van der Waals surface area contributed by atoms with Gasteiger partial charge in [-0.2, -0.15) is 0 Å². The van der Waals surface area contributed by atoms with Crippen LogP contribution in [0, 0.1) is 0 Å². The van der Waals surface area contributed by atoms with Gasteiger partial charge in [0.15, 0.2) is 0 Å².